The second kappa shape index (κ2) is 10.8. The van der Waals surface area contributed by atoms with E-state index in [0.717, 1.165) is 18.8 Å². The van der Waals surface area contributed by atoms with E-state index < -0.39 is 0 Å². The monoisotopic (exact) mass is 500 g/mol. The number of aromatic nitrogens is 1. The van der Waals surface area contributed by atoms with Crippen LogP contribution in [-0.2, 0) is 11.2 Å². The van der Waals surface area contributed by atoms with Crippen molar-refractivity contribution in [2.45, 2.75) is 6.42 Å². The van der Waals surface area contributed by atoms with Crippen LogP contribution in [-0.4, -0.2) is 62.1 Å². The van der Waals surface area contributed by atoms with Crippen LogP contribution in [0.5, 0.6) is 11.5 Å². The van der Waals surface area contributed by atoms with Crippen molar-refractivity contribution in [2.24, 2.45) is 0 Å². The largest absolute Gasteiger partial charge is 0.493 e. The number of benzene rings is 2. The van der Waals surface area contributed by atoms with Crippen molar-refractivity contribution >= 4 is 45.6 Å². The summed E-state index contributed by atoms with van der Waals surface area (Å²) in [5.41, 5.74) is 2.16. The molecule has 1 aromatic heterocycles. The SMILES string of the molecule is COc1ccc(C(=O)Nc2nc(CC(=O)N3CCN(c4ccc(Cl)cc4)CC3)cs2)cc1OC. The lowest BCUT2D eigenvalue weighted by Crippen LogP contribution is -2.49. The average molecular weight is 501 g/mol. The molecule has 8 nitrogen and oxygen atoms in total. The molecule has 0 radical (unpaired) electrons. The molecule has 0 atom stereocenters. The van der Waals surface area contributed by atoms with Gasteiger partial charge in [-0.2, -0.15) is 0 Å². The lowest BCUT2D eigenvalue weighted by molar-refractivity contribution is -0.130. The summed E-state index contributed by atoms with van der Waals surface area (Å²) >= 11 is 7.26. The quantitative estimate of drug-likeness (QED) is 0.528. The molecule has 1 N–H and O–H groups in total. The molecule has 2 amide bonds. The first-order valence-electron chi connectivity index (χ1n) is 10.7. The standard InChI is InChI=1S/C24H25ClN4O4S/c1-32-20-8-3-16(13-21(20)33-2)23(31)27-24-26-18(15-34-24)14-22(30)29-11-9-28(10-12-29)19-6-4-17(25)5-7-19/h3-8,13,15H,9-12,14H2,1-2H3,(H,26,27,31). The Balaban J connectivity index is 1.30. The summed E-state index contributed by atoms with van der Waals surface area (Å²) in [5.74, 6) is 0.727. The number of methoxy groups -OCH3 is 2. The molecule has 0 spiro atoms. The van der Waals surface area contributed by atoms with Gasteiger partial charge in [-0.05, 0) is 42.5 Å². The van der Waals surface area contributed by atoms with Crippen LogP contribution in [0, 0.1) is 0 Å². The van der Waals surface area contributed by atoms with Crippen LogP contribution in [0.25, 0.3) is 0 Å². The Morgan fingerprint density at radius 3 is 2.41 bits per heavy atom. The van der Waals surface area contributed by atoms with E-state index in [0.29, 0.717) is 46.0 Å². The Bertz CT molecular complexity index is 1160. The summed E-state index contributed by atoms with van der Waals surface area (Å²) in [7, 11) is 3.05. The van der Waals surface area contributed by atoms with Crippen molar-refractivity contribution in [2.75, 3.05) is 50.6 Å². The Hall–Kier alpha value is -3.30. The predicted molar refractivity (Wildman–Crippen MR) is 134 cm³/mol. The third-order valence-corrected chi connectivity index (χ3v) is 6.63. The van der Waals surface area contributed by atoms with Gasteiger partial charge in [0.05, 0.1) is 26.3 Å². The average Bonchev–Trinajstić information content (AvgIpc) is 3.30. The Morgan fingerprint density at radius 2 is 1.74 bits per heavy atom. The molecule has 1 fully saturated rings. The molecule has 0 unspecified atom stereocenters. The van der Waals surface area contributed by atoms with Crippen LogP contribution in [0.3, 0.4) is 0 Å². The van der Waals surface area contributed by atoms with Gasteiger partial charge >= 0.3 is 0 Å². The van der Waals surface area contributed by atoms with Crippen molar-refractivity contribution in [3.63, 3.8) is 0 Å². The number of carbonyl (C=O) groups excluding carboxylic acids is 2. The molecule has 1 aliphatic heterocycles. The first-order valence-corrected chi connectivity index (χ1v) is 12.0. The normalized spacial score (nSPS) is 13.5. The van der Waals surface area contributed by atoms with Gasteiger partial charge in [-0.25, -0.2) is 4.98 Å². The van der Waals surface area contributed by atoms with Gasteiger partial charge in [0.15, 0.2) is 16.6 Å². The van der Waals surface area contributed by atoms with Crippen LogP contribution in [0.4, 0.5) is 10.8 Å². The van der Waals surface area contributed by atoms with Gasteiger partial charge in [0.1, 0.15) is 0 Å². The minimum Gasteiger partial charge on any atom is -0.493 e. The molecule has 0 saturated carbocycles. The highest BCUT2D eigenvalue weighted by Crippen LogP contribution is 2.28. The number of nitrogens with zero attached hydrogens (tertiary/aromatic N) is 3. The fourth-order valence-electron chi connectivity index (χ4n) is 3.73. The van der Waals surface area contributed by atoms with E-state index in [1.54, 1.807) is 23.6 Å². The number of hydrogen-bond donors (Lipinski definition) is 1. The lowest BCUT2D eigenvalue weighted by atomic mass is 10.2. The third-order valence-electron chi connectivity index (χ3n) is 5.57. The van der Waals surface area contributed by atoms with Crippen LogP contribution in [0.1, 0.15) is 16.1 Å². The first kappa shape index (κ1) is 23.8. The number of hydrogen-bond acceptors (Lipinski definition) is 7. The zero-order valence-electron chi connectivity index (χ0n) is 18.9. The maximum atomic E-state index is 12.8. The maximum absolute atomic E-state index is 12.8. The predicted octanol–water partition coefficient (Wildman–Crippen LogP) is 3.96. The van der Waals surface area contributed by atoms with E-state index in [9.17, 15) is 9.59 Å². The molecular formula is C24H25ClN4O4S. The highest BCUT2D eigenvalue weighted by atomic mass is 35.5. The van der Waals surface area contributed by atoms with Gasteiger partial charge in [-0.15, -0.1) is 11.3 Å². The Morgan fingerprint density at radius 1 is 1.03 bits per heavy atom. The summed E-state index contributed by atoms with van der Waals surface area (Å²) in [4.78, 5) is 33.9. The molecule has 34 heavy (non-hydrogen) atoms. The minimum absolute atomic E-state index is 0.0267. The van der Waals surface area contributed by atoms with Crippen LogP contribution < -0.4 is 19.7 Å². The van der Waals surface area contributed by atoms with Crippen LogP contribution >= 0.6 is 22.9 Å². The number of halogens is 1. The number of rotatable bonds is 7. The zero-order chi connectivity index (χ0) is 24.1. The topological polar surface area (TPSA) is 84.0 Å². The molecular weight excluding hydrogens is 476 g/mol. The Kier molecular flexibility index (Phi) is 7.54. The lowest BCUT2D eigenvalue weighted by Gasteiger charge is -2.36. The van der Waals surface area contributed by atoms with E-state index in [4.69, 9.17) is 21.1 Å². The first-order chi connectivity index (χ1) is 16.5. The smallest absolute Gasteiger partial charge is 0.257 e. The fraction of sp³-hybridized carbons (Fsp3) is 0.292. The zero-order valence-corrected chi connectivity index (χ0v) is 20.5. The molecule has 178 valence electrons. The molecule has 4 rings (SSSR count). The van der Waals surface area contributed by atoms with Gasteiger partial charge in [0.25, 0.3) is 5.91 Å². The molecule has 2 aromatic carbocycles. The van der Waals surface area contributed by atoms with Gasteiger partial charge < -0.3 is 19.3 Å². The van der Waals surface area contributed by atoms with Gasteiger partial charge in [-0.3, -0.25) is 14.9 Å². The Labute approximate surface area is 207 Å². The highest BCUT2D eigenvalue weighted by Gasteiger charge is 2.22. The van der Waals surface area contributed by atoms with E-state index in [1.807, 2.05) is 29.2 Å². The van der Waals surface area contributed by atoms with Gasteiger partial charge in [-0.1, -0.05) is 11.6 Å². The minimum atomic E-state index is -0.313. The van der Waals surface area contributed by atoms with Gasteiger partial charge in [0.2, 0.25) is 5.91 Å². The molecule has 0 aliphatic carbocycles. The van der Waals surface area contributed by atoms with E-state index >= 15 is 0 Å². The van der Waals surface area contributed by atoms with Gasteiger partial charge in [0, 0.05) is 47.8 Å². The van der Waals surface area contributed by atoms with Crippen molar-refractivity contribution in [1.29, 1.82) is 0 Å². The number of thiazole rings is 1. The molecule has 0 bridgehead atoms. The summed E-state index contributed by atoms with van der Waals surface area (Å²) in [5, 5.41) is 5.73. The van der Waals surface area contributed by atoms with E-state index in [-0.39, 0.29) is 18.2 Å². The van der Waals surface area contributed by atoms with E-state index in [1.165, 1.54) is 25.6 Å². The van der Waals surface area contributed by atoms with Crippen molar-refractivity contribution < 1.29 is 19.1 Å². The van der Waals surface area contributed by atoms with Crippen molar-refractivity contribution in [3.8, 4) is 11.5 Å². The summed E-state index contributed by atoms with van der Waals surface area (Å²) in [6.07, 6.45) is 0.198. The molecule has 3 aromatic rings. The molecule has 1 saturated heterocycles. The molecule has 1 aliphatic rings. The number of nitrogens with one attached hydrogen (secondary N) is 1. The van der Waals surface area contributed by atoms with Crippen molar-refractivity contribution in [3.05, 3.63) is 64.1 Å². The number of ether oxygens (including phenoxy) is 2. The number of amides is 2. The second-order valence-corrected chi connectivity index (χ2v) is 8.98. The summed E-state index contributed by atoms with van der Waals surface area (Å²) < 4.78 is 10.5. The summed E-state index contributed by atoms with van der Waals surface area (Å²) in [6, 6.07) is 12.7. The third kappa shape index (κ3) is 5.60. The van der Waals surface area contributed by atoms with E-state index in [2.05, 4.69) is 15.2 Å². The maximum Gasteiger partial charge on any atom is 0.257 e. The number of anilines is 2. The number of piperazine rings is 1. The summed E-state index contributed by atoms with van der Waals surface area (Å²) in [6.45, 7) is 2.82. The number of carbonyl (C=O) groups is 2. The van der Waals surface area contributed by atoms with Crippen molar-refractivity contribution in [1.82, 2.24) is 9.88 Å². The molecule has 2 heterocycles. The fourth-order valence-corrected chi connectivity index (χ4v) is 4.56. The second-order valence-electron chi connectivity index (χ2n) is 7.69. The van der Waals surface area contributed by atoms with Crippen LogP contribution in [0.2, 0.25) is 5.02 Å². The van der Waals surface area contributed by atoms with Crippen LogP contribution in [0.15, 0.2) is 47.8 Å². The highest BCUT2D eigenvalue weighted by molar-refractivity contribution is 7.14. The molecule has 10 heteroatoms.